The normalized spacial score (nSPS) is 15.2. The van der Waals surface area contributed by atoms with Gasteiger partial charge in [0.05, 0.1) is 19.8 Å². The molecule has 3 N–H and O–H groups in total. The molecule has 1 saturated heterocycles. The lowest BCUT2D eigenvalue weighted by Crippen LogP contribution is -2.42. The number of amides is 1. The lowest BCUT2D eigenvalue weighted by atomic mass is 10.2. The maximum atomic E-state index is 11.7. The highest BCUT2D eigenvalue weighted by Gasteiger charge is 2.15. The van der Waals surface area contributed by atoms with Crippen LogP contribution in [0.3, 0.4) is 0 Å². The van der Waals surface area contributed by atoms with Gasteiger partial charge in [0.25, 0.3) is 0 Å². The number of alkyl carbamates (subject to hydrolysis) is 1. The summed E-state index contributed by atoms with van der Waals surface area (Å²) in [5.41, 5.74) is 0.518. The first kappa shape index (κ1) is 25.7. The second-order valence-electron chi connectivity index (χ2n) is 8.46. The highest BCUT2D eigenvalue weighted by atomic mass is 16.6. The summed E-state index contributed by atoms with van der Waals surface area (Å²) >= 11 is 0. The quantitative estimate of drug-likeness (QED) is 0.286. The summed E-state index contributed by atoms with van der Waals surface area (Å²) in [6, 6.07) is 7.98. The van der Waals surface area contributed by atoms with Gasteiger partial charge in [0.2, 0.25) is 0 Å². The molecule has 1 heterocycles. The molecule has 180 valence electrons. The summed E-state index contributed by atoms with van der Waals surface area (Å²) in [5.74, 6) is 1.54. The Morgan fingerprint density at radius 2 is 1.84 bits per heavy atom. The molecular formula is C23H39N5O4. The molecule has 0 saturated carbocycles. The van der Waals surface area contributed by atoms with E-state index < -0.39 is 11.7 Å². The number of hydrogen-bond donors (Lipinski definition) is 3. The van der Waals surface area contributed by atoms with E-state index in [0.717, 1.165) is 50.7 Å². The van der Waals surface area contributed by atoms with Gasteiger partial charge in [0.1, 0.15) is 18.0 Å². The van der Waals surface area contributed by atoms with Crippen molar-refractivity contribution in [1.29, 1.82) is 0 Å². The fraction of sp³-hybridized carbons (Fsp3) is 0.652. The zero-order valence-corrected chi connectivity index (χ0v) is 19.9. The second kappa shape index (κ2) is 13.8. The van der Waals surface area contributed by atoms with Gasteiger partial charge in [-0.05, 0) is 33.8 Å². The molecule has 0 aromatic heterocycles. The van der Waals surface area contributed by atoms with E-state index in [-0.39, 0.29) is 0 Å². The first-order valence-electron chi connectivity index (χ1n) is 11.4. The van der Waals surface area contributed by atoms with Gasteiger partial charge in [-0.15, -0.1) is 0 Å². The van der Waals surface area contributed by atoms with Crippen molar-refractivity contribution in [3.8, 4) is 5.75 Å². The largest absolute Gasteiger partial charge is 0.492 e. The van der Waals surface area contributed by atoms with Crippen LogP contribution in [0.1, 0.15) is 33.3 Å². The van der Waals surface area contributed by atoms with Crippen LogP contribution >= 0.6 is 0 Å². The number of morpholine rings is 1. The molecule has 1 amide bonds. The summed E-state index contributed by atoms with van der Waals surface area (Å²) in [6.07, 6.45) is -0.426. The maximum Gasteiger partial charge on any atom is 0.407 e. The highest BCUT2D eigenvalue weighted by molar-refractivity contribution is 5.79. The minimum atomic E-state index is -0.508. The standard InChI is InChI=1S/C23H39N5O4/c1-5-24-21(25-10-11-26-22(29)32-23(2,3)4)27-18-19-8-6-7-9-20(19)31-17-14-28-12-15-30-16-13-28/h6-9H,5,10-18H2,1-4H3,(H,26,29)(H2,24,25,27). The molecule has 1 aromatic rings. The third-order valence-electron chi connectivity index (χ3n) is 4.58. The third kappa shape index (κ3) is 10.7. The lowest BCUT2D eigenvalue weighted by molar-refractivity contribution is 0.0322. The number of aliphatic imine (C=N–C) groups is 1. The highest BCUT2D eigenvalue weighted by Crippen LogP contribution is 2.19. The Labute approximate surface area is 191 Å². The zero-order chi connectivity index (χ0) is 23.2. The third-order valence-corrected chi connectivity index (χ3v) is 4.58. The number of carbonyl (C=O) groups is 1. The van der Waals surface area contributed by atoms with Gasteiger partial charge in [-0.2, -0.15) is 0 Å². The number of nitrogens with one attached hydrogen (secondary N) is 3. The molecule has 9 nitrogen and oxygen atoms in total. The minimum Gasteiger partial charge on any atom is -0.492 e. The van der Waals surface area contributed by atoms with Crippen molar-refractivity contribution in [1.82, 2.24) is 20.9 Å². The van der Waals surface area contributed by atoms with Crippen LogP contribution in [0.25, 0.3) is 0 Å². The predicted octanol–water partition coefficient (Wildman–Crippen LogP) is 1.98. The summed E-state index contributed by atoms with van der Waals surface area (Å²) in [7, 11) is 0. The van der Waals surface area contributed by atoms with Crippen LogP contribution < -0.4 is 20.7 Å². The van der Waals surface area contributed by atoms with Crippen molar-refractivity contribution in [3.63, 3.8) is 0 Å². The van der Waals surface area contributed by atoms with Gasteiger partial charge in [-0.3, -0.25) is 4.90 Å². The first-order chi connectivity index (χ1) is 15.4. The van der Waals surface area contributed by atoms with Crippen molar-refractivity contribution in [2.75, 3.05) is 59.1 Å². The Hall–Kier alpha value is -2.52. The summed E-state index contributed by atoms with van der Waals surface area (Å²) in [4.78, 5) is 18.7. The molecule has 9 heteroatoms. The smallest absolute Gasteiger partial charge is 0.407 e. The van der Waals surface area contributed by atoms with E-state index in [1.165, 1.54) is 0 Å². The van der Waals surface area contributed by atoms with Crippen LogP contribution in [0.2, 0.25) is 0 Å². The Balaban J connectivity index is 1.80. The van der Waals surface area contributed by atoms with E-state index in [4.69, 9.17) is 14.2 Å². The summed E-state index contributed by atoms with van der Waals surface area (Å²) in [6.45, 7) is 14.7. The average Bonchev–Trinajstić information content (AvgIpc) is 2.75. The van der Waals surface area contributed by atoms with Gasteiger partial charge in [0, 0.05) is 44.8 Å². The number of benzene rings is 1. The number of ether oxygens (including phenoxy) is 3. The van der Waals surface area contributed by atoms with Gasteiger partial charge < -0.3 is 30.2 Å². The number of para-hydroxylation sites is 1. The van der Waals surface area contributed by atoms with Gasteiger partial charge in [-0.25, -0.2) is 9.79 Å². The Bertz CT molecular complexity index is 715. The van der Waals surface area contributed by atoms with Crippen molar-refractivity contribution < 1.29 is 19.0 Å². The molecule has 0 radical (unpaired) electrons. The van der Waals surface area contributed by atoms with E-state index in [1.54, 1.807) is 0 Å². The monoisotopic (exact) mass is 449 g/mol. The van der Waals surface area contributed by atoms with Crippen LogP contribution in [-0.4, -0.2) is 81.6 Å². The van der Waals surface area contributed by atoms with Crippen molar-refractivity contribution in [2.24, 2.45) is 4.99 Å². The van der Waals surface area contributed by atoms with E-state index in [2.05, 4.69) is 25.8 Å². The predicted molar refractivity (Wildman–Crippen MR) is 126 cm³/mol. The molecule has 0 unspecified atom stereocenters. The number of rotatable bonds is 10. The Morgan fingerprint density at radius 3 is 2.56 bits per heavy atom. The fourth-order valence-electron chi connectivity index (χ4n) is 3.05. The van der Waals surface area contributed by atoms with Crippen molar-refractivity contribution in [2.45, 2.75) is 39.8 Å². The first-order valence-corrected chi connectivity index (χ1v) is 11.4. The molecule has 0 atom stereocenters. The van der Waals surface area contributed by atoms with Gasteiger partial charge in [0.15, 0.2) is 5.96 Å². The lowest BCUT2D eigenvalue weighted by Gasteiger charge is -2.26. The minimum absolute atomic E-state index is 0.426. The van der Waals surface area contributed by atoms with Crippen LogP contribution in [0, 0.1) is 0 Å². The molecular weight excluding hydrogens is 410 g/mol. The summed E-state index contributed by atoms with van der Waals surface area (Å²) in [5, 5.41) is 9.18. The zero-order valence-electron chi connectivity index (χ0n) is 19.9. The van der Waals surface area contributed by atoms with Crippen molar-refractivity contribution in [3.05, 3.63) is 29.8 Å². The van der Waals surface area contributed by atoms with Crippen LogP contribution in [0.4, 0.5) is 4.79 Å². The molecule has 1 aliphatic rings. The van der Waals surface area contributed by atoms with E-state index in [1.807, 2.05) is 52.0 Å². The fourth-order valence-corrected chi connectivity index (χ4v) is 3.05. The van der Waals surface area contributed by atoms with Crippen LogP contribution in [0.15, 0.2) is 29.3 Å². The second-order valence-corrected chi connectivity index (χ2v) is 8.46. The van der Waals surface area contributed by atoms with Crippen LogP contribution in [-0.2, 0) is 16.0 Å². The summed E-state index contributed by atoms with van der Waals surface area (Å²) < 4.78 is 16.7. The van der Waals surface area contributed by atoms with E-state index in [0.29, 0.717) is 32.2 Å². The number of guanidine groups is 1. The van der Waals surface area contributed by atoms with Gasteiger partial charge >= 0.3 is 6.09 Å². The van der Waals surface area contributed by atoms with E-state index in [9.17, 15) is 4.79 Å². The molecule has 0 spiro atoms. The Kier molecular flexibility index (Phi) is 11.1. The Morgan fingerprint density at radius 1 is 1.12 bits per heavy atom. The molecule has 2 rings (SSSR count). The maximum absolute atomic E-state index is 11.7. The van der Waals surface area contributed by atoms with Gasteiger partial charge in [-0.1, -0.05) is 18.2 Å². The molecule has 1 aromatic carbocycles. The average molecular weight is 450 g/mol. The molecule has 0 aliphatic carbocycles. The van der Waals surface area contributed by atoms with E-state index >= 15 is 0 Å². The number of hydrogen-bond acceptors (Lipinski definition) is 6. The topological polar surface area (TPSA) is 96.5 Å². The molecule has 1 aliphatic heterocycles. The number of carbonyl (C=O) groups excluding carboxylic acids is 1. The molecule has 1 fully saturated rings. The molecule has 32 heavy (non-hydrogen) atoms. The van der Waals surface area contributed by atoms with Crippen molar-refractivity contribution >= 4 is 12.1 Å². The number of nitrogens with zero attached hydrogens (tertiary/aromatic N) is 2. The SMILES string of the molecule is CCNC(=NCc1ccccc1OCCN1CCOCC1)NCCNC(=O)OC(C)(C)C. The molecule has 0 bridgehead atoms. The van der Waals surface area contributed by atoms with Crippen LogP contribution in [0.5, 0.6) is 5.75 Å².